The van der Waals surface area contributed by atoms with E-state index in [1.807, 2.05) is 0 Å². The first-order valence-corrected chi connectivity index (χ1v) is 7.83. The van der Waals surface area contributed by atoms with Crippen molar-refractivity contribution in [1.82, 2.24) is 9.97 Å². The van der Waals surface area contributed by atoms with Crippen molar-refractivity contribution >= 4 is 11.6 Å². The van der Waals surface area contributed by atoms with E-state index >= 15 is 0 Å². The second-order valence-electron chi connectivity index (χ2n) is 5.55. The van der Waals surface area contributed by atoms with Gasteiger partial charge in [-0.15, -0.1) is 0 Å². The molecule has 1 N–H and O–H groups in total. The van der Waals surface area contributed by atoms with E-state index in [2.05, 4.69) is 53.9 Å². The molecule has 0 atom stereocenters. The van der Waals surface area contributed by atoms with E-state index in [0.717, 1.165) is 37.6 Å². The molecular weight excluding hydrogens is 262 g/mol. The van der Waals surface area contributed by atoms with Crippen molar-refractivity contribution in [3.8, 4) is 6.07 Å². The minimum absolute atomic E-state index is 0.513. The molecule has 0 unspecified atom stereocenters. The minimum atomic E-state index is 0.513. The molecule has 0 radical (unpaired) electrons. The normalized spacial score (nSPS) is 10.5. The van der Waals surface area contributed by atoms with Crippen molar-refractivity contribution in [3.63, 3.8) is 0 Å². The average molecular weight is 289 g/mol. The highest BCUT2D eigenvalue weighted by molar-refractivity contribution is 5.59. The number of rotatable bonds is 9. The van der Waals surface area contributed by atoms with Crippen LogP contribution in [-0.2, 0) is 6.42 Å². The molecule has 1 heterocycles. The van der Waals surface area contributed by atoms with Gasteiger partial charge in [0.15, 0.2) is 0 Å². The standard InChI is InChI=1S/C16H27N5/c1-5-8-14-15(18-6-2)19-12-20-16(14)21(10-7-9-17)11-13(3)4/h12-13H,5-8,10-11H2,1-4H3,(H,18,19,20). The van der Waals surface area contributed by atoms with Crippen molar-refractivity contribution < 1.29 is 0 Å². The Morgan fingerprint density at radius 3 is 2.67 bits per heavy atom. The fraction of sp³-hybridized carbons (Fsp3) is 0.688. The van der Waals surface area contributed by atoms with Crippen LogP contribution in [0.1, 0.15) is 46.1 Å². The second kappa shape index (κ2) is 9.17. The summed E-state index contributed by atoms with van der Waals surface area (Å²) >= 11 is 0. The van der Waals surface area contributed by atoms with Crippen molar-refractivity contribution in [2.24, 2.45) is 5.92 Å². The van der Waals surface area contributed by atoms with Gasteiger partial charge in [0.2, 0.25) is 0 Å². The van der Waals surface area contributed by atoms with Gasteiger partial charge in [0.05, 0.1) is 12.5 Å². The van der Waals surface area contributed by atoms with Crippen LogP contribution in [0.25, 0.3) is 0 Å². The molecule has 0 aliphatic heterocycles. The maximum Gasteiger partial charge on any atom is 0.137 e. The molecule has 1 aromatic heterocycles. The summed E-state index contributed by atoms with van der Waals surface area (Å²) in [6.45, 7) is 11.1. The molecule has 0 aliphatic carbocycles. The first-order chi connectivity index (χ1) is 10.1. The third-order valence-electron chi connectivity index (χ3n) is 3.15. The number of aromatic nitrogens is 2. The third-order valence-corrected chi connectivity index (χ3v) is 3.15. The molecule has 0 spiro atoms. The summed E-state index contributed by atoms with van der Waals surface area (Å²) in [5.41, 5.74) is 1.17. The molecule has 116 valence electrons. The quantitative estimate of drug-likeness (QED) is 0.756. The SMILES string of the molecule is CCCc1c(NCC)ncnc1N(CCC#N)CC(C)C. The molecule has 1 rings (SSSR count). The zero-order chi connectivity index (χ0) is 15.7. The minimum Gasteiger partial charge on any atom is -0.370 e. The summed E-state index contributed by atoms with van der Waals surface area (Å²) in [5, 5.41) is 12.2. The van der Waals surface area contributed by atoms with Crippen LogP contribution < -0.4 is 10.2 Å². The van der Waals surface area contributed by atoms with Crippen molar-refractivity contribution in [1.29, 1.82) is 5.26 Å². The molecule has 0 amide bonds. The molecule has 0 bridgehead atoms. The lowest BCUT2D eigenvalue weighted by atomic mass is 10.1. The lowest BCUT2D eigenvalue weighted by molar-refractivity contribution is 0.605. The number of nitriles is 1. The lowest BCUT2D eigenvalue weighted by Crippen LogP contribution is -2.30. The van der Waals surface area contributed by atoms with Crippen LogP contribution in [-0.4, -0.2) is 29.6 Å². The fourth-order valence-electron chi connectivity index (χ4n) is 2.38. The van der Waals surface area contributed by atoms with E-state index in [1.54, 1.807) is 6.33 Å². The van der Waals surface area contributed by atoms with E-state index in [0.29, 0.717) is 18.9 Å². The van der Waals surface area contributed by atoms with Gasteiger partial charge >= 0.3 is 0 Å². The Balaban J connectivity index is 3.14. The zero-order valence-corrected chi connectivity index (χ0v) is 13.7. The first-order valence-electron chi connectivity index (χ1n) is 7.83. The highest BCUT2D eigenvalue weighted by Crippen LogP contribution is 2.25. The Bertz CT molecular complexity index is 464. The van der Waals surface area contributed by atoms with Crippen LogP contribution in [0.5, 0.6) is 0 Å². The molecule has 0 aromatic carbocycles. The number of nitrogens with zero attached hydrogens (tertiary/aromatic N) is 4. The monoisotopic (exact) mass is 289 g/mol. The molecule has 0 aliphatic rings. The molecule has 0 saturated heterocycles. The van der Waals surface area contributed by atoms with Crippen LogP contribution in [0.2, 0.25) is 0 Å². The summed E-state index contributed by atoms with van der Waals surface area (Å²) in [6.07, 6.45) is 4.12. The maximum atomic E-state index is 8.89. The molecule has 0 saturated carbocycles. The Morgan fingerprint density at radius 1 is 1.33 bits per heavy atom. The van der Waals surface area contributed by atoms with Gasteiger partial charge in [-0.3, -0.25) is 0 Å². The maximum absolute atomic E-state index is 8.89. The van der Waals surface area contributed by atoms with Crippen LogP contribution >= 0.6 is 0 Å². The van der Waals surface area contributed by atoms with Crippen LogP contribution in [0.4, 0.5) is 11.6 Å². The van der Waals surface area contributed by atoms with Gasteiger partial charge in [-0.2, -0.15) is 5.26 Å². The number of hydrogen-bond acceptors (Lipinski definition) is 5. The summed E-state index contributed by atoms with van der Waals surface area (Å²) in [5.74, 6) is 2.43. The van der Waals surface area contributed by atoms with Crippen LogP contribution in [0.15, 0.2) is 6.33 Å². The molecular formula is C16H27N5. The Kier molecular flexibility index (Phi) is 7.52. The first kappa shape index (κ1) is 17.2. The number of anilines is 2. The lowest BCUT2D eigenvalue weighted by Gasteiger charge is -2.27. The number of nitrogens with one attached hydrogen (secondary N) is 1. The molecule has 0 fully saturated rings. The van der Waals surface area contributed by atoms with E-state index in [-0.39, 0.29) is 0 Å². The van der Waals surface area contributed by atoms with Gasteiger partial charge in [0.1, 0.15) is 18.0 Å². The smallest absolute Gasteiger partial charge is 0.137 e. The largest absolute Gasteiger partial charge is 0.370 e. The highest BCUT2D eigenvalue weighted by atomic mass is 15.2. The summed E-state index contributed by atoms with van der Waals surface area (Å²) in [7, 11) is 0. The van der Waals surface area contributed by atoms with E-state index in [1.165, 1.54) is 5.56 Å². The average Bonchev–Trinajstić information content (AvgIpc) is 2.45. The second-order valence-corrected chi connectivity index (χ2v) is 5.55. The van der Waals surface area contributed by atoms with Crippen molar-refractivity contribution in [3.05, 3.63) is 11.9 Å². The van der Waals surface area contributed by atoms with Gasteiger partial charge in [-0.1, -0.05) is 27.2 Å². The predicted molar refractivity (Wildman–Crippen MR) is 87.5 cm³/mol. The molecule has 1 aromatic rings. The van der Waals surface area contributed by atoms with Crippen LogP contribution in [0.3, 0.4) is 0 Å². The summed E-state index contributed by atoms with van der Waals surface area (Å²) in [4.78, 5) is 11.1. The van der Waals surface area contributed by atoms with Gasteiger partial charge < -0.3 is 10.2 Å². The third kappa shape index (κ3) is 5.22. The predicted octanol–water partition coefficient (Wildman–Crippen LogP) is 3.24. The van der Waals surface area contributed by atoms with Gasteiger partial charge in [-0.05, 0) is 19.3 Å². The van der Waals surface area contributed by atoms with Crippen molar-refractivity contribution in [2.45, 2.75) is 47.0 Å². The Hall–Kier alpha value is -1.83. The van der Waals surface area contributed by atoms with Gasteiger partial charge in [0.25, 0.3) is 0 Å². The molecule has 5 nitrogen and oxygen atoms in total. The number of hydrogen-bond donors (Lipinski definition) is 1. The van der Waals surface area contributed by atoms with E-state index in [9.17, 15) is 0 Å². The summed E-state index contributed by atoms with van der Waals surface area (Å²) < 4.78 is 0. The Morgan fingerprint density at radius 2 is 2.10 bits per heavy atom. The molecule has 21 heavy (non-hydrogen) atoms. The van der Waals surface area contributed by atoms with Gasteiger partial charge in [-0.25, -0.2) is 9.97 Å². The van der Waals surface area contributed by atoms with Crippen molar-refractivity contribution in [2.75, 3.05) is 29.9 Å². The topological polar surface area (TPSA) is 64.8 Å². The molecule has 5 heteroatoms. The highest BCUT2D eigenvalue weighted by Gasteiger charge is 2.17. The van der Waals surface area contributed by atoms with E-state index < -0.39 is 0 Å². The fourth-order valence-corrected chi connectivity index (χ4v) is 2.38. The summed E-state index contributed by atoms with van der Waals surface area (Å²) in [6, 6.07) is 2.23. The van der Waals surface area contributed by atoms with Crippen LogP contribution in [0, 0.1) is 17.2 Å². The zero-order valence-electron chi connectivity index (χ0n) is 13.7. The van der Waals surface area contributed by atoms with Gasteiger partial charge in [0, 0.05) is 25.2 Å². The van der Waals surface area contributed by atoms with E-state index in [4.69, 9.17) is 5.26 Å². The Labute approximate surface area is 128 Å².